The lowest BCUT2D eigenvalue weighted by molar-refractivity contribution is 0.0661. The summed E-state index contributed by atoms with van der Waals surface area (Å²) in [5.74, 6) is -3.56. The van der Waals surface area contributed by atoms with Crippen molar-refractivity contribution in [1.29, 1.82) is 0 Å². The molecule has 1 N–H and O–H groups in total. The fourth-order valence-corrected chi connectivity index (χ4v) is 2.68. The summed E-state index contributed by atoms with van der Waals surface area (Å²) in [4.78, 5) is 10.6. The predicted octanol–water partition coefficient (Wildman–Crippen LogP) is 2.56. The largest absolute Gasteiger partial charge is 0.475 e. The summed E-state index contributed by atoms with van der Waals surface area (Å²) in [7, 11) is -1.82. The molecule has 19 heavy (non-hydrogen) atoms. The molecule has 1 aromatic carbocycles. The van der Waals surface area contributed by atoms with Crippen LogP contribution >= 0.6 is 0 Å². The van der Waals surface area contributed by atoms with Gasteiger partial charge in [-0.2, -0.15) is 0 Å². The SMILES string of the molecule is O=C(O)c1occc1CS(=O)c1ccc(F)cc1F. The van der Waals surface area contributed by atoms with E-state index < -0.39 is 28.4 Å². The fraction of sp³-hybridized carbons (Fsp3) is 0.0833. The molecule has 1 atom stereocenters. The second kappa shape index (κ2) is 5.31. The Morgan fingerprint density at radius 2 is 2.05 bits per heavy atom. The Labute approximate surface area is 109 Å². The molecule has 0 bridgehead atoms. The summed E-state index contributed by atoms with van der Waals surface area (Å²) < 4.78 is 42.8. The number of furan rings is 1. The van der Waals surface area contributed by atoms with Gasteiger partial charge in [0.25, 0.3) is 0 Å². The molecule has 0 fully saturated rings. The van der Waals surface area contributed by atoms with Crippen LogP contribution in [-0.4, -0.2) is 15.3 Å². The van der Waals surface area contributed by atoms with Crippen LogP contribution in [0.3, 0.4) is 0 Å². The number of rotatable bonds is 4. The standard InChI is InChI=1S/C12H8F2O4S/c13-8-1-2-10(9(14)5-8)19(17)6-7-3-4-18-11(7)12(15)16/h1-5H,6H2,(H,15,16). The molecule has 0 aliphatic carbocycles. The van der Waals surface area contributed by atoms with E-state index in [-0.39, 0.29) is 22.0 Å². The third kappa shape index (κ3) is 2.87. The molecule has 0 spiro atoms. The highest BCUT2D eigenvalue weighted by Gasteiger charge is 2.18. The number of hydrogen-bond acceptors (Lipinski definition) is 3. The monoisotopic (exact) mass is 286 g/mol. The van der Waals surface area contributed by atoms with Crippen LogP contribution in [0.25, 0.3) is 0 Å². The van der Waals surface area contributed by atoms with Crippen molar-refractivity contribution in [3.8, 4) is 0 Å². The van der Waals surface area contributed by atoms with Crippen LogP contribution in [0.15, 0.2) is 39.8 Å². The number of carboxylic acids is 1. The Morgan fingerprint density at radius 1 is 1.32 bits per heavy atom. The zero-order chi connectivity index (χ0) is 14.0. The summed E-state index contributed by atoms with van der Waals surface area (Å²) in [6, 6.07) is 4.04. The van der Waals surface area contributed by atoms with E-state index in [1.54, 1.807) is 0 Å². The molecule has 0 saturated heterocycles. The van der Waals surface area contributed by atoms with E-state index in [1.807, 2.05) is 0 Å². The van der Waals surface area contributed by atoms with Crippen molar-refractivity contribution in [2.75, 3.05) is 0 Å². The molecule has 1 heterocycles. The molecule has 4 nitrogen and oxygen atoms in total. The molecule has 0 radical (unpaired) electrons. The number of hydrogen-bond donors (Lipinski definition) is 1. The fourth-order valence-electron chi connectivity index (χ4n) is 1.52. The van der Waals surface area contributed by atoms with Gasteiger partial charge >= 0.3 is 5.97 Å². The van der Waals surface area contributed by atoms with Gasteiger partial charge in [-0.25, -0.2) is 13.6 Å². The van der Waals surface area contributed by atoms with Gasteiger partial charge in [0.1, 0.15) is 11.6 Å². The quantitative estimate of drug-likeness (QED) is 0.938. The van der Waals surface area contributed by atoms with E-state index in [0.29, 0.717) is 6.07 Å². The lowest BCUT2D eigenvalue weighted by atomic mass is 10.3. The Hall–Kier alpha value is -2.02. The molecular formula is C12H8F2O4S. The average molecular weight is 286 g/mol. The highest BCUT2D eigenvalue weighted by molar-refractivity contribution is 7.84. The second-order valence-corrected chi connectivity index (χ2v) is 5.06. The normalized spacial score (nSPS) is 12.3. The third-order valence-electron chi connectivity index (χ3n) is 2.37. The van der Waals surface area contributed by atoms with Crippen molar-refractivity contribution in [2.24, 2.45) is 0 Å². The van der Waals surface area contributed by atoms with Crippen molar-refractivity contribution in [3.63, 3.8) is 0 Å². The van der Waals surface area contributed by atoms with E-state index in [9.17, 15) is 17.8 Å². The van der Waals surface area contributed by atoms with E-state index >= 15 is 0 Å². The van der Waals surface area contributed by atoms with E-state index in [2.05, 4.69) is 0 Å². The number of carboxylic acid groups (broad SMARTS) is 1. The number of halogens is 2. The summed E-state index contributed by atoms with van der Waals surface area (Å²) in [5.41, 5.74) is 0.189. The van der Waals surface area contributed by atoms with Gasteiger partial charge in [0.15, 0.2) is 0 Å². The molecule has 0 aliphatic heterocycles. The van der Waals surface area contributed by atoms with Crippen LogP contribution in [-0.2, 0) is 16.6 Å². The average Bonchev–Trinajstić information content (AvgIpc) is 2.76. The molecule has 7 heteroatoms. The number of aromatic carboxylic acids is 1. The zero-order valence-corrected chi connectivity index (χ0v) is 10.2. The van der Waals surface area contributed by atoms with Crippen molar-refractivity contribution in [2.45, 2.75) is 10.6 Å². The topological polar surface area (TPSA) is 67.5 Å². The van der Waals surface area contributed by atoms with E-state index in [1.165, 1.54) is 6.07 Å². The van der Waals surface area contributed by atoms with Gasteiger partial charge in [-0.1, -0.05) is 0 Å². The number of benzene rings is 1. The van der Waals surface area contributed by atoms with Crippen LogP contribution < -0.4 is 0 Å². The highest BCUT2D eigenvalue weighted by atomic mass is 32.2. The van der Waals surface area contributed by atoms with Crippen molar-refractivity contribution >= 4 is 16.8 Å². The Morgan fingerprint density at radius 3 is 2.68 bits per heavy atom. The molecule has 1 aromatic heterocycles. The maximum Gasteiger partial charge on any atom is 0.372 e. The van der Waals surface area contributed by atoms with Gasteiger partial charge in [-0.05, 0) is 18.2 Å². The van der Waals surface area contributed by atoms with Crippen LogP contribution in [0.1, 0.15) is 16.1 Å². The first-order chi connectivity index (χ1) is 8.99. The zero-order valence-electron chi connectivity index (χ0n) is 9.43. The highest BCUT2D eigenvalue weighted by Crippen LogP contribution is 2.19. The maximum absolute atomic E-state index is 13.4. The molecule has 0 saturated carbocycles. The van der Waals surface area contributed by atoms with Gasteiger partial charge < -0.3 is 9.52 Å². The third-order valence-corrected chi connectivity index (χ3v) is 3.76. The molecule has 100 valence electrons. The van der Waals surface area contributed by atoms with Crippen LogP contribution in [0.5, 0.6) is 0 Å². The van der Waals surface area contributed by atoms with Crippen LogP contribution in [0.2, 0.25) is 0 Å². The smallest absolute Gasteiger partial charge is 0.372 e. The Bertz CT molecular complexity index is 651. The molecular weight excluding hydrogens is 278 g/mol. The van der Waals surface area contributed by atoms with Gasteiger partial charge in [0.05, 0.1) is 27.7 Å². The van der Waals surface area contributed by atoms with Gasteiger partial charge in [-0.3, -0.25) is 4.21 Å². The predicted molar refractivity (Wildman–Crippen MR) is 62.1 cm³/mol. The Kier molecular flexibility index (Phi) is 3.75. The molecule has 1 unspecified atom stereocenters. The minimum absolute atomic E-state index is 0.182. The van der Waals surface area contributed by atoms with Gasteiger partial charge in [-0.15, -0.1) is 0 Å². The van der Waals surface area contributed by atoms with E-state index in [0.717, 1.165) is 18.4 Å². The van der Waals surface area contributed by atoms with Crippen LogP contribution in [0, 0.1) is 11.6 Å². The molecule has 0 aliphatic rings. The summed E-state index contributed by atoms with van der Waals surface area (Å²) >= 11 is 0. The molecule has 0 amide bonds. The van der Waals surface area contributed by atoms with Gasteiger partial charge in [0, 0.05) is 11.6 Å². The van der Waals surface area contributed by atoms with Crippen molar-refractivity contribution in [1.82, 2.24) is 0 Å². The maximum atomic E-state index is 13.4. The summed E-state index contributed by atoms with van der Waals surface area (Å²) in [6.45, 7) is 0. The first-order valence-corrected chi connectivity index (χ1v) is 6.44. The lowest BCUT2D eigenvalue weighted by Crippen LogP contribution is -2.04. The summed E-state index contributed by atoms with van der Waals surface area (Å²) in [6.07, 6.45) is 1.15. The number of carbonyl (C=O) groups is 1. The first kappa shape index (κ1) is 13.4. The van der Waals surface area contributed by atoms with Gasteiger partial charge in [0.2, 0.25) is 5.76 Å². The lowest BCUT2D eigenvalue weighted by Gasteiger charge is -2.03. The van der Waals surface area contributed by atoms with Crippen LogP contribution in [0.4, 0.5) is 8.78 Å². The molecule has 2 aromatic rings. The first-order valence-electron chi connectivity index (χ1n) is 5.12. The second-order valence-electron chi connectivity index (χ2n) is 3.64. The minimum Gasteiger partial charge on any atom is -0.475 e. The molecule has 2 rings (SSSR count). The summed E-state index contributed by atoms with van der Waals surface area (Å²) in [5, 5.41) is 8.81. The van der Waals surface area contributed by atoms with Crippen molar-refractivity contribution < 1.29 is 27.3 Å². The Balaban J connectivity index is 2.26. The minimum atomic E-state index is -1.82. The van der Waals surface area contributed by atoms with Crippen molar-refractivity contribution in [3.05, 3.63) is 53.5 Å². The van der Waals surface area contributed by atoms with E-state index in [4.69, 9.17) is 9.52 Å².